The summed E-state index contributed by atoms with van der Waals surface area (Å²) in [7, 11) is 0. The highest BCUT2D eigenvalue weighted by Gasteiger charge is 2.15. The van der Waals surface area contributed by atoms with Gasteiger partial charge in [-0.1, -0.05) is 35.9 Å². The first kappa shape index (κ1) is 13.5. The van der Waals surface area contributed by atoms with E-state index in [1.54, 1.807) is 18.2 Å². The molecule has 98 valence electrons. The van der Waals surface area contributed by atoms with E-state index in [0.717, 1.165) is 16.7 Å². The van der Waals surface area contributed by atoms with Crippen LogP contribution in [0.1, 0.15) is 32.6 Å². The Bertz CT molecular complexity index is 606. The molecule has 0 N–H and O–H groups in total. The second kappa shape index (κ2) is 5.35. The number of carbonyl (C=O) groups is 1. The van der Waals surface area contributed by atoms with Gasteiger partial charge in [-0.15, -0.1) is 0 Å². The molecule has 0 aliphatic rings. The molecule has 2 heteroatoms. The maximum atomic E-state index is 13.6. The van der Waals surface area contributed by atoms with E-state index in [2.05, 4.69) is 0 Å². The monoisotopic (exact) mass is 256 g/mol. The van der Waals surface area contributed by atoms with Gasteiger partial charge < -0.3 is 0 Å². The average molecular weight is 256 g/mol. The van der Waals surface area contributed by atoms with E-state index < -0.39 is 0 Å². The number of ketones is 1. The Balaban J connectivity index is 2.34. The number of rotatable bonds is 3. The lowest BCUT2D eigenvalue weighted by atomic mass is 9.93. The van der Waals surface area contributed by atoms with Gasteiger partial charge >= 0.3 is 0 Å². The molecule has 0 unspecified atom stereocenters. The highest BCUT2D eigenvalue weighted by atomic mass is 19.1. The molecule has 0 fully saturated rings. The van der Waals surface area contributed by atoms with E-state index in [1.807, 2.05) is 32.9 Å². The zero-order valence-corrected chi connectivity index (χ0v) is 11.5. The molecule has 0 amide bonds. The van der Waals surface area contributed by atoms with E-state index in [9.17, 15) is 9.18 Å². The lowest BCUT2D eigenvalue weighted by Gasteiger charge is -2.10. The predicted octanol–water partition coefficient (Wildman–Crippen LogP) is 4.18. The minimum atomic E-state index is -0.321. The Morgan fingerprint density at radius 3 is 2.21 bits per heavy atom. The predicted molar refractivity (Wildman–Crippen MR) is 75.1 cm³/mol. The molecule has 0 saturated heterocycles. The summed E-state index contributed by atoms with van der Waals surface area (Å²) < 4.78 is 13.6. The SMILES string of the molecule is Cc1cc(C)c(C(=O)Cc2ccccc2F)c(C)c1. The normalized spacial score (nSPS) is 10.5. The summed E-state index contributed by atoms with van der Waals surface area (Å²) in [5.74, 6) is -0.349. The van der Waals surface area contributed by atoms with Gasteiger partial charge in [0, 0.05) is 12.0 Å². The van der Waals surface area contributed by atoms with Crippen LogP contribution in [0.15, 0.2) is 36.4 Å². The number of halogens is 1. The van der Waals surface area contributed by atoms with Crippen LogP contribution in [0.25, 0.3) is 0 Å². The second-order valence-electron chi connectivity index (χ2n) is 4.97. The Morgan fingerprint density at radius 1 is 1.05 bits per heavy atom. The van der Waals surface area contributed by atoms with E-state index in [1.165, 1.54) is 6.07 Å². The van der Waals surface area contributed by atoms with E-state index in [0.29, 0.717) is 11.1 Å². The summed E-state index contributed by atoms with van der Waals surface area (Å²) in [5, 5.41) is 0. The molecule has 0 saturated carbocycles. The highest BCUT2D eigenvalue weighted by Crippen LogP contribution is 2.19. The van der Waals surface area contributed by atoms with Gasteiger partial charge in [-0.2, -0.15) is 0 Å². The van der Waals surface area contributed by atoms with Crippen molar-refractivity contribution < 1.29 is 9.18 Å². The van der Waals surface area contributed by atoms with Crippen LogP contribution in [0.3, 0.4) is 0 Å². The lowest BCUT2D eigenvalue weighted by Crippen LogP contribution is -2.09. The third-order valence-corrected chi connectivity index (χ3v) is 3.26. The van der Waals surface area contributed by atoms with Crippen LogP contribution in [-0.2, 0) is 6.42 Å². The van der Waals surface area contributed by atoms with Crippen LogP contribution in [0, 0.1) is 26.6 Å². The van der Waals surface area contributed by atoms with E-state index >= 15 is 0 Å². The summed E-state index contributed by atoms with van der Waals surface area (Å²) in [6, 6.07) is 10.4. The summed E-state index contributed by atoms with van der Waals surface area (Å²) in [6.07, 6.45) is 0.109. The summed E-state index contributed by atoms with van der Waals surface area (Å²) in [6.45, 7) is 5.86. The number of hydrogen-bond acceptors (Lipinski definition) is 1. The van der Waals surface area contributed by atoms with Crippen molar-refractivity contribution >= 4 is 5.78 Å². The number of benzene rings is 2. The van der Waals surface area contributed by atoms with Gasteiger partial charge in [-0.05, 0) is 43.5 Å². The van der Waals surface area contributed by atoms with E-state index in [-0.39, 0.29) is 18.0 Å². The Morgan fingerprint density at radius 2 is 1.63 bits per heavy atom. The number of aryl methyl sites for hydroxylation is 3. The van der Waals surface area contributed by atoms with Crippen LogP contribution in [-0.4, -0.2) is 5.78 Å². The molecule has 0 bridgehead atoms. The molecule has 0 radical (unpaired) electrons. The summed E-state index contributed by atoms with van der Waals surface area (Å²) in [5.41, 5.74) is 4.22. The van der Waals surface area contributed by atoms with E-state index in [4.69, 9.17) is 0 Å². The van der Waals surface area contributed by atoms with Crippen molar-refractivity contribution in [2.45, 2.75) is 27.2 Å². The van der Waals surface area contributed by atoms with Gasteiger partial charge in [0.25, 0.3) is 0 Å². The smallest absolute Gasteiger partial charge is 0.167 e. The van der Waals surface area contributed by atoms with Crippen molar-refractivity contribution in [1.29, 1.82) is 0 Å². The minimum absolute atomic E-state index is 0.0277. The largest absolute Gasteiger partial charge is 0.294 e. The maximum absolute atomic E-state index is 13.6. The topological polar surface area (TPSA) is 17.1 Å². The first-order chi connectivity index (χ1) is 8.99. The molecule has 0 atom stereocenters. The molecule has 1 nitrogen and oxygen atoms in total. The molecular weight excluding hydrogens is 239 g/mol. The molecule has 0 aliphatic heterocycles. The van der Waals surface area contributed by atoms with Crippen LogP contribution >= 0.6 is 0 Å². The van der Waals surface area contributed by atoms with Gasteiger partial charge in [-0.3, -0.25) is 4.79 Å². The average Bonchev–Trinajstić information content (AvgIpc) is 2.30. The quantitative estimate of drug-likeness (QED) is 0.753. The third-order valence-electron chi connectivity index (χ3n) is 3.26. The first-order valence-corrected chi connectivity index (χ1v) is 6.33. The molecule has 2 aromatic rings. The highest BCUT2D eigenvalue weighted by molar-refractivity contribution is 6.00. The molecule has 0 aromatic heterocycles. The summed E-state index contributed by atoms with van der Waals surface area (Å²) >= 11 is 0. The minimum Gasteiger partial charge on any atom is -0.294 e. The summed E-state index contributed by atoms with van der Waals surface area (Å²) in [4.78, 5) is 12.4. The van der Waals surface area contributed by atoms with Crippen molar-refractivity contribution in [2.24, 2.45) is 0 Å². The molecule has 19 heavy (non-hydrogen) atoms. The lowest BCUT2D eigenvalue weighted by molar-refractivity contribution is 0.0990. The molecule has 0 spiro atoms. The van der Waals surface area contributed by atoms with Crippen LogP contribution in [0.2, 0.25) is 0 Å². The molecule has 0 heterocycles. The van der Waals surface area contributed by atoms with Gasteiger partial charge in [0.15, 0.2) is 5.78 Å². The zero-order valence-electron chi connectivity index (χ0n) is 11.5. The number of hydrogen-bond donors (Lipinski definition) is 0. The van der Waals surface area contributed by atoms with Crippen LogP contribution < -0.4 is 0 Å². The zero-order chi connectivity index (χ0) is 14.0. The van der Waals surface area contributed by atoms with Crippen LogP contribution in [0.4, 0.5) is 4.39 Å². The van der Waals surface area contributed by atoms with Gasteiger partial charge in [-0.25, -0.2) is 4.39 Å². The van der Waals surface area contributed by atoms with Crippen molar-refractivity contribution in [3.63, 3.8) is 0 Å². The van der Waals surface area contributed by atoms with Crippen molar-refractivity contribution in [3.8, 4) is 0 Å². The Kier molecular flexibility index (Phi) is 3.79. The molecular formula is C17H17FO. The molecule has 2 rings (SSSR count). The van der Waals surface area contributed by atoms with Gasteiger partial charge in [0.1, 0.15) is 5.82 Å². The second-order valence-corrected chi connectivity index (χ2v) is 4.97. The fourth-order valence-electron chi connectivity index (χ4n) is 2.52. The van der Waals surface area contributed by atoms with Gasteiger partial charge in [0.05, 0.1) is 0 Å². The van der Waals surface area contributed by atoms with Crippen molar-refractivity contribution in [3.05, 3.63) is 70.0 Å². The number of carbonyl (C=O) groups excluding carboxylic acids is 1. The first-order valence-electron chi connectivity index (χ1n) is 6.33. The molecule has 0 aliphatic carbocycles. The fraction of sp³-hybridized carbons (Fsp3) is 0.235. The standard InChI is InChI=1S/C17H17FO/c1-11-8-12(2)17(13(3)9-11)16(19)10-14-6-4-5-7-15(14)18/h4-9H,10H2,1-3H3. The van der Waals surface area contributed by atoms with Crippen molar-refractivity contribution in [1.82, 2.24) is 0 Å². The van der Waals surface area contributed by atoms with Crippen molar-refractivity contribution in [2.75, 3.05) is 0 Å². The van der Waals surface area contributed by atoms with Crippen LogP contribution in [0.5, 0.6) is 0 Å². The Hall–Kier alpha value is -1.96. The van der Waals surface area contributed by atoms with Gasteiger partial charge in [0.2, 0.25) is 0 Å². The third kappa shape index (κ3) is 2.90. The maximum Gasteiger partial charge on any atom is 0.167 e. The fourth-order valence-corrected chi connectivity index (χ4v) is 2.52. The molecule has 2 aromatic carbocycles. The Labute approximate surface area is 113 Å². The number of Topliss-reactive ketones (excluding diaryl/α,β-unsaturated/α-hetero) is 1.